The number of rotatable bonds is 3. The molecule has 1 saturated heterocycles. The van der Waals surface area contributed by atoms with Gasteiger partial charge in [-0.1, -0.05) is 6.92 Å². The lowest BCUT2D eigenvalue weighted by Gasteiger charge is -2.34. The van der Waals surface area contributed by atoms with Gasteiger partial charge in [0.15, 0.2) is 0 Å². The van der Waals surface area contributed by atoms with E-state index in [1.54, 1.807) is 6.20 Å². The number of aromatic nitrogens is 2. The Hall–Kier alpha value is -1.36. The van der Waals surface area contributed by atoms with Crippen LogP contribution in [0.5, 0.6) is 0 Å². The molecule has 0 unspecified atom stereocenters. The van der Waals surface area contributed by atoms with Crippen LogP contribution in [-0.4, -0.2) is 58.6 Å². The van der Waals surface area contributed by atoms with Gasteiger partial charge in [-0.05, 0) is 19.9 Å². The van der Waals surface area contributed by atoms with Gasteiger partial charge >= 0.3 is 0 Å². The molecule has 1 amide bonds. The van der Waals surface area contributed by atoms with Crippen LogP contribution in [0.2, 0.25) is 0 Å². The third-order valence-electron chi connectivity index (χ3n) is 3.26. The number of aryl methyl sites for hydroxylation is 1. The average Bonchev–Trinajstić information content (AvgIpc) is 2.76. The van der Waals surface area contributed by atoms with Crippen LogP contribution in [0.25, 0.3) is 0 Å². The summed E-state index contributed by atoms with van der Waals surface area (Å²) in [5, 5.41) is 6.71. The highest BCUT2D eigenvalue weighted by atomic mass is 16.2. The molecule has 1 aromatic rings. The minimum Gasteiger partial charge on any atom is -0.336 e. The van der Waals surface area contributed by atoms with Crippen molar-refractivity contribution in [3.05, 3.63) is 17.5 Å². The molecule has 2 rings (SSSR count). The molecule has 94 valence electrons. The lowest BCUT2D eigenvalue weighted by molar-refractivity contribution is 0.0637. The second kappa shape index (κ2) is 5.31. The molecule has 1 aliphatic heterocycles. The lowest BCUT2D eigenvalue weighted by atomic mass is 10.2. The first kappa shape index (κ1) is 12.1. The molecule has 1 N–H and O–H groups in total. The Balaban J connectivity index is 1.93. The average molecular weight is 236 g/mol. The van der Waals surface area contributed by atoms with Gasteiger partial charge in [-0.15, -0.1) is 0 Å². The van der Waals surface area contributed by atoms with E-state index in [2.05, 4.69) is 22.0 Å². The molecule has 2 heterocycles. The third kappa shape index (κ3) is 2.66. The zero-order valence-electron chi connectivity index (χ0n) is 10.6. The fourth-order valence-electron chi connectivity index (χ4n) is 2.23. The fraction of sp³-hybridized carbons (Fsp3) is 0.667. The molecule has 0 aromatic carbocycles. The zero-order chi connectivity index (χ0) is 12.3. The number of hydrogen-bond acceptors (Lipinski definition) is 3. The van der Waals surface area contributed by atoms with Gasteiger partial charge in [0.1, 0.15) is 0 Å². The van der Waals surface area contributed by atoms with E-state index in [1.165, 1.54) is 6.42 Å². The first-order valence-electron chi connectivity index (χ1n) is 6.24. The second-order valence-corrected chi connectivity index (χ2v) is 4.54. The van der Waals surface area contributed by atoms with Crippen LogP contribution in [-0.2, 0) is 0 Å². The summed E-state index contributed by atoms with van der Waals surface area (Å²) < 4.78 is 0. The van der Waals surface area contributed by atoms with Gasteiger partial charge in [0, 0.05) is 31.9 Å². The molecule has 17 heavy (non-hydrogen) atoms. The van der Waals surface area contributed by atoms with Crippen LogP contribution in [0.1, 0.15) is 29.4 Å². The maximum Gasteiger partial charge on any atom is 0.257 e. The van der Waals surface area contributed by atoms with Gasteiger partial charge in [-0.2, -0.15) is 5.10 Å². The van der Waals surface area contributed by atoms with E-state index in [9.17, 15) is 4.79 Å². The summed E-state index contributed by atoms with van der Waals surface area (Å²) in [5.74, 6) is 0.104. The normalized spacial score (nSPS) is 17.4. The lowest BCUT2D eigenvalue weighted by Crippen LogP contribution is -2.48. The Labute approximate surface area is 102 Å². The van der Waals surface area contributed by atoms with Gasteiger partial charge in [0.25, 0.3) is 5.91 Å². The molecular formula is C12H20N4O. The quantitative estimate of drug-likeness (QED) is 0.848. The number of piperazine rings is 1. The number of aromatic amines is 1. The molecule has 0 atom stereocenters. The summed E-state index contributed by atoms with van der Waals surface area (Å²) in [7, 11) is 0. The Bertz CT molecular complexity index is 380. The number of nitrogens with one attached hydrogen (secondary N) is 1. The van der Waals surface area contributed by atoms with Crippen molar-refractivity contribution in [2.24, 2.45) is 0 Å². The van der Waals surface area contributed by atoms with E-state index in [1.807, 2.05) is 11.8 Å². The summed E-state index contributed by atoms with van der Waals surface area (Å²) in [6, 6.07) is 0. The predicted octanol–water partition coefficient (Wildman–Crippen LogP) is 0.886. The summed E-state index contributed by atoms with van der Waals surface area (Å²) in [4.78, 5) is 16.5. The molecule has 0 aliphatic carbocycles. The smallest absolute Gasteiger partial charge is 0.257 e. The first-order chi connectivity index (χ1) is 8.22. The number of amides is 1. The molecule has 1 fully saturated rings. The van der Waals surface area contributed by atoms with Gasteiger partial charge < -0.3 is 4.90 Å². The highest BCUT2D eigenvalue weighted by molar-refractivity contribution is 5.95. The monoisotopic (exact) mass is 236 g/mol. The van der Waals surface area contributed by atoms with Crippen molar-refractivity contribution in [1.82, 2.24) is 20.0 Å². The van der Waals surface area contributed by atoms with Crippen molar-refractivity contribution in [3.8, 4) is 0 Å². The summed E-state index contributed by atoms with van der Waals surface area (Å²) in [6.45, 7) is 8.81. The molecule has 0 spiro atoms. The second-order valence-electron chi connectivity index (χ2n) is 4.54. The maximum atomic E-state index is 12.2. The number of H-pyrrole nitrogens is 1. The van der Waals surface area contributed by atoms with Crippen LogP contribution in [0.15, 0.2) is 6.20 Å². The van der Waals surface area contributed by atoms with Gasteiger partial charge in [0.2, 0.25) is 0 Å². The third-order valence-corrected chi connectivity index (χ3v) is 3.26. The number of carbonyl (C=O) groups is 1. The molecule has 5 nitrogen and oxygen atoms in total. The molecule has 5 heteroatoms. The number of carbonyl (C=O) groups excluding carboxylic acids is 1. The molecule has 0 saturated carbocycles. The van der Waals surface area contributed by atoms with Crippen molar-refractivity contribution in [3.63, 3.8) is 0 Å². The standard InChI is InChI=1S/C12H20N4O/c1-3-4-15-5-7-16(8-6-15)12(17)11-9-13-14-10(11)2/h9H,3-8H2,1-2H3,(H,13,14). The zero-order valence-corrected chi connectivity index (χ0v) is 10.6. The Morgan fingerprint density at radius 3 is 2.65 bits per heavy atom. The molecule has 0 bridgehead atoms. The Kier molecular flexibility index (Phi) is 3.78. The fourth-order valence-corrected chi connectivity index (χ4v) is 2.23. The van der Waals surface area contributed by atoms with Gasteiger partial charge in [-0.3, -0.25) is 14.8 Å². The van der Waals surface area contributed by atoms with Crippen molar-refractivity contribution < 1.29 is 4.79 Å². The number of nitrogens with zero attached hydrogens (tertiary/aromatic N) is 3. The molecule has 1 aliphatic rings. The molecule has 0 radical (unpaired) electrons. The van der Waals surface area contributed by atoms with Crippen LogP contribution in [0.4, 0.5) is 0 Å². The molecule has 1 aromatic heterocycles. The summed E-state index contributed by atoms with van der Waals surface area (Å²) in [5.41, 5.74) is 1.56. The topological polar surface area (TPSA) is 52.2 Å². The van der Waals surface area contributed by atoms with Crippen molar-refractivity contribution in [2.45, 2.75) is 20.3 Å². The summed E-state index contributed by atoms with van der Waals surface area (Å²) in [6.07, 6.45) is 2.80. The van der Waals surface area contributed by atoms with Crippen molar-refractivity contribution in [1.29, 1.82) is 0 Å². The maximum absolute atomic E-state index is 12.2. The SMILES string of the molecule is CCCN1CCN(C(=O)c2cn[nH]c2C)CC1. The molecular weight excluding hydrogens is 216 g/mol. The van der Waals surface area contributed by atoms with E-state index in [0.717, 1.165) is 38.4 Å². The first-order valence-corrected chi connectivity index (χ1v) is 6.24. The number of hydrogen-bond donors (Lipinski definition) is 1. The van der Waals surface area contributed by atoms with Gasteiger partial charge in [-0.25, -0.2) is 0 Å². The Morgan fingerprint density at radius 2 is 2.12 bits per heavy atom. The van der Waals surface area contributed by atoms with E-state index in [4.69, 9.17) is 0 Å². The largest absolute Gasteiger partial charge is 0.336 e. The highest BCUT2D eigenvalue weighted by Crippen LogP contribution is 2.10. The van der Waals surface area contributed by atoms with E-state index < -0.39 is 0 Å². The Morgan fingerprint density at radius 1 is 1.41 bits per heavy atom. The predicted molar refractivity (Wildman–Crippen MR) is 66.0 cm³/mol. The van der Waals surface area contributed by atoms with E-state index in [-0.39, 0.29) is 5.91 Å². The summed E-state index contributed by atoms with van der Waals surface area (Å²) >= 11 is 0. The highest BCUT2D eigenvalue weighted by Gasteiger charge is 2.23. The van der Waals surface area contributed by atoms with Crippen LogP contribution < -0.4 is 0 Å². The van der Waals surface area contributed by atoms with Gasteiger partial charge in [0.05, 0.1) is 11.8 Å². The minimum absolute atomic E-state index is 0.104. The van der Waals surface area contributed by atoms with E-state index in [0.29, 0.717) is 5.56 Å². The van der Waals surface area contributed by atoms with Crippen LogP contribution in [0, 0.1) is 6.92 Å². The minimum atomic E-state index is 0.104. The van der Waals surface area contributed by atoms with Crippen molar-refractivity contribution in [2.75, 3.05) is 32.7 Å². The van der Waals surface area contributed by atoms with Crippen LogP contribution >= 0.6 is 0 Å². The van der Waals surface area contributed by atoms with E-state index >= 15 is 0 Å². The van der Waals surface area contributed by atoms with Crippen molar-refractivity contribution >= 4 is 5.91 Å². The van der Waals surface area contributed by atoms with Crippen LogP contribution in [0.3, 0.4) is 0 Å².